The third-order valence-electron chi connectivity index (χ3n) is 5.05. The first-order valence-electron chi connectivity index (χ1n) is 8.64. The van der Waals surface area contributed by atoms with Crippen LogP contribution in [0.4, 0.5) is 0 Å². The molecule has 0 aromatic heterocycles. The predicted molar refractivity (Wildman–Crippen MR) is 83.5 cm³/mol. The van der Waals surface area contributed by atoms with Crippen LogP contribution in [0.15, 0.2) is 0 Å². The molecule has 0 bridgehead atoms. The Balaban J connectivity index is 1.98. The normalized spacial score (nSPS) is 31.9. The van der Waals surface area contributed by atoms with E-state index in [1.807, 2.05) is 0 Å². The Morgan fingerprint density at radius 3 is 2.58 bits per heavy atom. The molecule has 2 heteroatoms. The molecule has 2 rings (SSSR count). The standard InChI is InChI=1S/C17H34N2/c1-4-11-19(16-8-9-16)14-17(13-18-5-2)10-6-7-15(3)12-17/h15-16,18H,4-14H2,1-3H3. The first-order valence-corrected chi connectivity index (χ1v) is 8.64. The van der Waals surface area contributed by atoms with Crippen LogP contribution in [0.2, 0.25) is 0 Å². The molecule has 112 valence electrons. The molecule has 0 aromatic carbocycles. The SMILES string of the molecule is CCCN(CC1(CNCC)CCCC(C)C1)C1CC1. The van der Waals surface area contributed by atoms with Crippen LogP contribution >= 0.6 is 0 Å². The number of nitrogens with zero attached hydrogens (tertiary/aromatic N) is 1. The van der Waals surface area contributed by atoms with Gasteiger partial charge in [0.15, 0.2) is 0 Å². The summed E-state index contributed by atoms with van der Waals surface area (Å²) in [5, 5.41) is 3.66. The molecule has 1 N–H and O–H groups in total. The molecular weight excluding hydrogens is 232 g/mol. The Morgan fingerprint density at radius 2 is 2.00 bits per heavy atom. The molecule has 2 fully saturated rings. The second-order valence-electron chi connectivity index (χ2n) is 7.18. The number of hydrogen-bond donors (Lipinski definition) is 1. The summed E-state index contributed by atoms with van der Waals surface area (Å²) in [6, 6.07) is 0.927. The molecule has 2 atom stereocenters. The monoisotopic (exact) mass is 266 g/mol. The molecule has 0 saturated heterocycles. The molecule has 2 unspecified atom stereocenters. The van der Waals surface area contributed by atoms with Crippen molar-refractivity contribution < 1.29 is 0 Å². The van der Waals surface area contributed by atoms with Crippen molar-refractivity contribution in [1.82, 2.24) is 10.2 Å². The molecule has 0 radical (unpaired) electrons. The average molecular weight is 266 g/mol. The predicted octanol–water partition coefficient (Wildman–Crippen LogP) is 3.67. The van der Waals surface area contributed by atoms with Gasteiger partial charge in [0.1, 0.15) is 0 Å². The third-order valence-corrected chi connectivity index (χ3v) is 5.05. The topological polar surface area (TPSA) is 15.3 Å². The number of hydrogen-bond acceptors (Lipinski definition) is 2. The van der Waals surface area contributed by atoms with Crippen molar-refractivity contribution in [2.75, 3.05) is 26.2 Å². The minimum atomic E-state index is 0.561. The van der Waals surface area contributed by atoms with Gasteiger partial charge in [-0.2, -0.15) is 0 Å². The van der Waals surface area contributed by atoms with Gasteiger partial charge in [-0.3, -0.25) is 4.90 Å². The van der Waals surface area contributed by atoms with E-state index in [0.717, 1.165) is 18.5 Å². The second-order valence-corrected chi connectivity index (χ2v) is 7.18. The summed E-state index contributed by atoms with van der Waals surface area (Å²) in [7, 11) is 0. The fourth-order valence-corrected chi connectivity index (χ4v) is 4.07. The van der Waals surface area contributed by atoms with Gasteiger partial charge in [0.25, 0.3) is 0 Å². The lowest BCUT2D eigenvalue weighted by atomic mass is 9.69. The highest BCUT2D eigenvalue weighted by Crippen LogP contribution is 2.41. The summed E-state index contributed by atoms with van der Waals surface area (Å²) in [5.74, 6) is 0.926. The third kappa shape index (κ3) is 4.46. The molecule has 0 spiro atoms. The zero-order chi connectivity index (χ0) is 13.7. The minimum absolute atomic E-state index is 0.561. The molecule has 0 aliphatic heterocycles. The zero-order valence-electron chi connectivity index (χ0n) is 13.4. The van der Waals surface area contributed by atoms with E-state index < -0.39 is 0 Å². The molecule has 0 heterocycles. The molecule has 2 aliphatic carbocycles. The molecule has 0 amide bonds. The van der Waals surface area contributed by atoms with E-state index in [0.29, 0.717) is 5.41 Å². The summed E-state index contributed by atoms with van der Waals surface area (Å²) in [6.45, 7) is 12.0. The zero-order valence-corrected chi connectivity index (χ0v) is 13.4. The van der Waals surface area contributed by atoms with Crippen molar-refractivity contribution in [3.63, 3.8) is 0 Å². The van der Waals surface area contributed by atoms with Gasteiger partial charge in [0.2, 0.25) is 0 Å². The summed E-state index contributed by atoms with van der Waals surface area (Å²) >= 11 is 0. The summed E-state index contributed by atoms with van der Waals surface area (Å²) in [6.07, 6.45) is 9.98. The van der Waals surface area contributed by atoms with Crippen LogP contribution < -0.4 is 5.32 Å². The van der Waals surface area contributed by atoms with Crippen LogP contribution in [-0.2, 0) is 0 Å². The van der Waals surface area contributed by atoms with Crippen LogP contribution in [0.3, 0.4) is 0 Å². The molecule has 0 aromatic rings. The molecular formula is C17H34N2. The van der Waals surface area contributed by atoms with E-state index in [2.05, 4.69) is 31.0 Å². The molecule has 2 aliphatic rings. The smallest absolute Gasteiger partial charge is 0.00966 e. The highest BCUT2D eigenvalue weighted by Gasteiger charge is 2.39. The van der Waals surface area contributed by atoms with Gasteiger partial charge < -0.3 is 5.32 Å². The van der Waals surface area contributed by atoms with E-state index in [9.17, 15) is 0 Å². The fraction of sp³-hybridized carbons (Fsp3) is 1.00. The first kappa shape index (κ1) is 15.3. The van der Waals surface area contributed by atoms with Gasteiger partial charge in [-0.1, -0.05) is 33.6 Å². The van der Waals surface area contributed by atoms with Crippen molar-refractivity contribution >= 4 is 0 Å². The van der Waals surface area contributed by atoms with Gasteiger partial charge >= 0.3 is 0 Å². The molecule has 19 heavy (non-hydrogen) atoms. The second kappa shape index (κ2) is 7.08. The maximum atomic E-state index is 3.66. The van der Waals surface area contributed by atoms with Gasteiger partial charge in [-0.15, -0.1) is 0 Å². The van der Waals surface area contributed by atoms with Crippen molar-refractivity contribution in [3.8, 4) is 0 Å². The maximum Gasteiger partial charge on any atom is 0.00966 e. The Kier molecular flexibility index (Phi) is 5.70. The maximum absolute atomic E-state index is 3.66. The molecule has 2 saturated carbocycles. The van der Waals surface area contributed by atoms with Crippen LogP contribution in [0.25, 0.3) is 0 Å². The largest absolute Gasteiger partial charge is 0.316 e. The summed E-state index contributed by atoms with van der Waals surface area (Å²) in [4.78, 5) is 2.81. The van der Waals surface area contributed by atoms with Gasteiger partial charge in [0, 0.05) is 19.1 Å². The summed E-state index contributed by atoms with van der Waals surface area (Å²) in [5.41, 5.74) is 0.561. The minimum Gasteiger partial charge on any atom is -0.316 e. The van der Waals surface area contributed by atoms with Crippen molar-refractivity contribution in [1.29, 1.82) is 0 Å². The fourth-order valence-electron chi connectivity index (χ4n) is 4.07. The Bertz CT molecular complexity index is 262. The van der Waals surface area contributed by atoms with Gasteiger partial charge in [0.05, 0.1) is 0 Å². The Morgan fingerprint density at radius 1 is 1.21 bits per heavy atom. The Labute approximate surface area is 120 Å². The van der Waals surface area contributed by atoms with E-state index in [1.165, 1.54) is 64.6 Å². The van der Waals surface area contributed by atoms with Crippen molar-refractivity contribution in [3.05, 3.63) is 0 Å². The Hall–Kier alpha value is -0.0800. The highest BCUT2D eigenvalue weighted by molar-refractivity contribution is 4.94. The van der Waals surface area contributed by atoms with Crippen LogP contribution in [0, 0.1) is 11.3 Å². The van der Waals surface area contributed by atoms with Crippen molar-refractivity contribution in [2.45, 2.75) is 71.8 Å². The van der Waals surface area contributed by atoms with Gasteiger partial charge in [-0.25, -0.2) is 0 Å². The van der Waals surface area contributed by atoms with E-state index in [4.69, 9.17) is 0 Å². The van der Waals surface area contributed by atoms with Crippen LogP contribution in [0.1, 0.15) is 65.7 Å². The van der Waals surface area contributed by atoms with Crippen LogP contribution in [0.5, 0.6) is 0 Å². The van der Waals surface area contributed by atoms with E-state index in [1.54, 1.807) is 0 Å². The average Bonchev–Trinajstić information content (AvgIpc) is 3.20. The molecule has 2 nitrogen and oxygen atoms in total. The lowest BCUT2D eigenvalue weighted by Gasteiger charge is -2.44. The van der Waals surface area contributed by atoms with Gasteiger partial charge in [-0.05, 0) is 56.5 Å². The highest BCUT2D eigenvalue weighted by atomic mass is 15.2. The quantitative estimate of drug-likeness (QED) is 0.721. The summed E-state index contributed by atoms with van der Waals surface area (Å²) < 4.78 is 0. The van der Waals surface area contributed by atoms with Crippen molar-refractivity contribution in [2.24, 2.45) is 11.3 Å². The first-order chi connectivity index (χ1) is 9.19. The lowest BCUT2D eigenvalue weighted by molar-refractivity contribution is 0.0763. The van der Waals surface area contributed by atoms with E-state index in [-0.39, 0.29) is 0 Å². The number of nitrogens with one attached hydrogen (secondary N) is 1. The number of rotatable bonds is 8. The van der Waals surface area contributed by atoms with E-state index >= 15 is 0 Å². The lowest BCUT2D eigenvalue weighted by Crippen LogP contribution is -2.47. The van der Waals surface area contributed by atoms with Crippen LogP contribution in [-0.4, -0.2) is 37.1 Å².